The Kier molecular flexibility index (Phi) is 5.29. The van der Waals surface area contributed by atoms with E-state index >= 15 is 0 Å². The lowest BCUT2D eigenvalue weighted by Gasteiger charge is -2.37. The number of hydrogen-bond donors (Lipinski definition) is 0. The summed E-state index contributed by atoms with van der Waals surface area (Å²) in [6, 6.07) is 30.9. The average Bonchev–Trinajstić information content (AvgIpc) is 2.68. The molecule has 1 atom stereocenters. The van der Waals surface area contributed by atoms with Crippen LogP contribution in [0.15, 0.2) is 104 Å². The third-order valence-electron chi connectivity index (χ3n) is 4.02. The van der Waals surface area contributed by atoms with Crippen LogP contribution < -0.4 is 0 Å². The van der Waals surface area contributed by atoms with Crippen LogP contribution in [0.1, 0.15) is 16.7 Å². The number of rotatable bonds is 6. The van der Waals surface area contributed by atoms with Crippen molar-refractivity contribution in [2.24, 2.45) is 0 Å². The maximum absolute atomic E-state index is 6.54. The van der Waals surface area contributed by atoms with Gasteiger partial charge in [-0.25, -0.2) is 0 Å². The minimum atomic E-state index is -0.716. The Bertz CT molecular complexity index is 672. The zero-order valence-electron chi connectivity index (χ0n) is 13.3. The molecule has 3 rings (SSSR count). The van der Waals surface area contributed by atoms with Crippen molar-refractivity contribution in [1.29, 1.82) is 0 Å². The standard InChI is InChI=1S/C22H19BrO/c1-2-21(23)24-22(18-12-6-3-7-13-18,19-14-8-4-9-15-19)20-16-10-5-11-17-20/h2-17,21H,1H2. The number of ether oxygens (including phenoxy) is 1. The monoisotopic (exact) mass is 378 g/mol. The molecule has 0 aliphatic heterocycles. The van der Waals surface area contributed by atoms with E-state index in [1.807, 2.05) is 54.6 Å². The van der Waals surface area contributed by atoms with Gasteiger partial charge >= 0.3 is 0 Å². The molecule has 0 heterocycles. The Labute approximate surface area is 151 Å². The Balaban J connectivity index is 2.30. The van der Waals surface area contributed by atoms with E-state index in [1.54, 1.807) is 6.08 Å². The highest BCUT2D eigenvalue weighted by atomic mass is 79.9. The fourth-order valence-corrected chi connectivity index (χ4v) is 3.22. The number of halogens is 1. The molecule has 0 fully saturated rings. The maximum Gasteiger partial charge on any atom is 0.145 e. The largest absolute Gasteiger partial charge is 0.342 e. The van der Waals surface area contributed by atoms with Crippen LogP contribution in [-0.4, -0.2) is 5.01 Å². The smallest absolute Gasteiger partial charge is 0.145 e. The molecular formula is C22H19BrO. The average molecular weight is 379 g/mol. The summed E-state index contributed by atoms with van der Waals surface area (Å²) in [5, 5.41) is -0.280. The van der Waals surface area contributed by atoms with Crippen LogP contribution in [0.5, 0.6) is 0 Å². The van der Waals surface area contributed by atoms with Crippen LogP contribution in [-0.2, 0) is 10.3 Å². The van der Waals surface area contributed by atoms with Gasteiger partial charge in [-0.3, -0.25) is 0 Å². The van der Waals surface area contributed by atoms with E-state index < -0.39 is 5.60 Å². The summed E-state index contributed by atoms with van der Waals surface area (Å²) in [7, 11) is 0. The molecule has 0 saturated heterocycles. The minimum absolute atomic E-state index is 0.280. The normalized spacial score (nSPS) is 12.5. The van der Waals surface area contributed by atoms with Gasteiger partial charge in [-0.05, 0) is 16.7 Å². The first-order valence-electron chi connectivity index (χ1n) is 7.88. The summed E-state index contributed by atoms with van der Waals surface area (Å²) in [4.78, 5) is 0. The van der Waals surface area contributed by atoms with Gasteiger partial charge in [0.15, 0.2) is 0 Å². The second-order valence-electron chi connectivity index (χ2n) is 5.48. The third kappa shape index (κ3) is 3.21. The van der Waals surface area contributed by atoms with Crippen LogP contribution in [0.3, 0.4) is 0 Å². The van der Waals surface area contributed by atoms with Gasteiger partial charge in [0.05, 0.1) is 0 Å². The molecular weight excluding hydrogens is 360 g/mol. The van der Waals surface area contributed by atoms with Gasteiger partial charge in [-0.15, -0.1) is 0 Å². The van der Waals surface area contributed by atoms with E-state index in [0.717, 1.165) is 16.7 Å². The molecule has 0 aliphatic rings. The highest BCUT2D eigenvalue weighted by Crippen LogP contribution is 2.42. The zero-order chi connectivity index (χ0) is 16.8. The molecule has 0 spiro atoms. The highest BCUT2D eigenvalue weighted by Gasteiger charge is 2.38. The highest BCUT2D eigenvalue weighted by molar-refractivity contribution is 9.09. The van der Waals surface area contributed by atoms with Gasteiger partial charge in [-0.2, -0.15) is 0 Å². The van der Waals surface area contributed by atoms with Gasteiger partial charge in [0, 0.05) is 0 Å². The summed E-state index contributed by atoms with van der Waals surface area (Å²) in [5.41, 5.74) is 2.52. The molecule has 0 amide bonds. The summed E-state index contributed by atoms with van der Waals surface area (Å²) in [5.74, 6) is 0. The van der Waals surface area contributed by atoms with E-state index in [9.17, 15) is 0 Å². The van der Waals surface area contributed by atoms with Gasteiger partial charge in [-0.1, -0.05) is 120 Å². The van der Waals surface area contributed by atoms with Gasteiger partial charge < -0.3 is 4.74 Å². The molecule has 0 radical (unpaired) electrons. The molecule has 0 bridgehead atoms. The fourth-order valence-electron chi connectivity index (χ4n) is 2.94. The summed E-state index contributed by atoms with van der Waals surface area (Å²) in [6.45, 7) is 3.85. The Morgan fingerprint density at radius 1 is 0.708 bits per heavy atom. The SMILES string of the molecule is C=CC(Br)OC(c1ccccc1)(c1ccccc1)c1ccccc1. The van der Waals surface area contributed by atoms with Crippen molar-refractivity contribution in [1.82, 2.24) is 0 Å². The van der Waals surface area contributed by atoms with Gasteiger partial charge in [0.2, 0.25) is 0 Å². The van der Waals surface area contributed by atoms with Crippen molar-refractivity contribution < 1.29 is 4.74 Å². The van der Waals surface area contributed by atoms with E-state index in [-0.39, 0.29) is 5.01 Å². The van der Waals surface area contributed by atoms with Crippen molar-refractivity contribution in [3.8, 4) is 0 Å². The Morgan fingerprint density at radius 3 is 1.33 bits per heavy atom. The van der Waals surface area contributed by atoms with Crippen molar-refractivity contribution in [3.05, 3.63) is 120 Å². The predicted octanol–water partition coefficient (Wildman–Crippen LogP) is 5.90. The summed E-state index contributed by atoms with van der Waals surface area (Å²) in [6.07, 6.45) is 1.75. The molecule has 2 heteroatoms. The zero-order valence-corrected chi connectivity index (χ0v) is 14.9. The fraction of sp³-hybridized carbons (Fsp3) is 0.0909. The molecule has 24 heavy (non-hydrogen) atoms. The van der Waals surface area contributed by atoms with E-state index in [1.165, 1.54) is 0 Å². The minimum Gasteiger partial charge on any atom is -0.342 e. The van der Waals surface area contributed by atoms with E-state index in [4.69, 9.17) is 4.74 Å². The van der Waals surface area contributed by atoms with Gasteiger partial charge in [0.25, 0.3) is 0 Å². The molecule has 0 aromatic heterocycles. The quantitative estimate of drug-likeness (QED) is 0.294. The Hall–Kier alpha value is -2.16. The second kappa shape index (κ2) is 7.61. The van der Waals surface area contributed by atoms with Crippen LogP contribution in [0.25, 0.3) is 0 Å². The number of hydrogen-bond acceptors (Lipinski definition) is 1. The third-order valence-corrected chi connectivity index (χ3v) is 4.58. The predicted molar refractivity (Wildman–Crippen MR) is 103 cm³/mol. The Morgan fingerprint density at radius 2 is 1.04 bits per heavy atom. The lowest BCUT2D eigenvalue weighted by Crippen LogP contribution is -2.34. The van der Waals surface area contributed by atoms with Crippen molar-refractivity contribution >= 4 is 15.9 Å². The molecule has 0 saturated carbocycles. The van der Waals surface area contributed by atoms with Crippen LogP contribution in [0.2, 0.25) is 0 Å². The molecule has 1 unspecified atom stereocenters. The van der Waals surface area contributed by atoms with Crippen molar-refractivity contribution in [2.45, 2.75) is 10.6 Å². The summed E-state index contributed by atoms with van der Waals surface area (Å²) < 4.78 is 6.54. The number of alkyl halides is 1. The van der Waals surface area contributed by atoms with Crippen molar-refractivity contribution in [2.75, 3.05) is 0 Å². The molecule has 3 aromatic carbocycles. The first-order valence-corrected chi connectivity index (χ1v) is 8.80. The van der Waals surface area contributed by atoms with E-state index in [0.29, 0.717) is 0 Å². The molecule has 0 N–H and O–H groups in total. The molecule has 0 aliphatic carbocycles. The molecule has 120 valence electrons. The molecule has 3 aromatic rings. The number of benzene rings is 3. The second-order valence-corrected chi connectivity index (χ2v) is 6.39. The van der Waals surface area contributed by atoms with E-state index in [2.05, 4.69) is 58.9 Å². The van der Waals surface area contributed by atoms with Crippen LogP contribution in [0, 0.1) is 0 Å². The van der Waals surface area contributed by atoms with Crippen LogP contribution >= 0.6 is 15.9 Å². The maximum atomic E-state index is 6.54. The first-order chi connectivity index (χ1) is 11.8. The van der Waals surface area contributed by atoms with Crippen molar-refractivity contribution in [3.63, 3.8) is 0 Å². The van der Waals surface area contributed by atoms with Gasteiger partial charge in [0.1, 0.15) is 10.6 Å². The summed E-state index contributed by atoms with van der Waals surface area (Å²) >= 11 is 3.56. The lowest BCUT2D eigenvalue weighted by atomic mass is 9.80. The van der Waals surface area contributed by atoms with Crippen LogP contribution in [0.4, 0.5) is 0 Å². The first kappa shape index (κ1) is 16.7. The lowest BCUT2D eigenvalue weighted by molar-refractivity contribution is 0.0184. The molecule has 1 nitrogen and oxygen atoms in total. The topological polar surface area (TPSA) is 9.23 Å².